The molecule has 0 amide bonds. The van der Waals surface area contributed by atoms with Crippen LogP contribution in [0.25, 0.3) is 33.2 Å². The summed E-state index contributed by atoms with van der Waals surface area (Å²) in [5.41, 5.74) is 8.57. The highest BCUT2D eigenvalue weighted by Gasteiger charge is 2.23. The van der Waals surface area contributed by atoms with Gasteiger partial charge in [-0.1, -0.05) is 105 Å². The number of ether oxygens (including phenoxy) is 3. The van der Waals surface area contributed by atoms with Crippen LogP contribution in [0.5, 0.6) is 5.75 Å². The molecule has 0 aliphatic carbocycles. The van der Waals surface area contributed by atoms with Crippen molar-refractivity contribution < 1.29 is 24.1 Å². The molecule has 0 spiro atoms. The van der Waals surface area contributed by atoms with Gasteiger partial charge in [0.25, 0.3) is 0 Å². The SMILES string of the molecule is CC(C)COC[C@H](NCc1cc(Cl)c(Cn2ncc3c(-c4cccc(-c5ccc(CN6CC[C@@H](O)C6)cc5)c4Cl)cccc32)cc1OCc1cncc(C#N)c1)C(=O)OCC(C)C. The van der Waals surface area contributed by atoms with Crippen LogP contribution in [0.3, 0.4) is 0 Å². The van der Waals surface area contributed by atoms with E-state index in [9.17, 15) is 15.2 Å². The third-order valence-corrected chi connectivity index (χ3v) is 11.6. The lowest BCUT2D eigenvalue weighted by Crippen LogP contribution is -2.42. The molecule has 1 aliphatic rings. The first-order valence-corrected chi connectivity index (χ1v) is 22.2. The van der Waals surface area contributed by atoms with Crippen molar-refractivity contribution in [1.29, 1.82) is 5.26 Å². The first-order valence-electron chi connectivity index (χ1n) is 21.4. The summed E-state index contributed by atoms with van der Waals surface area (Å²) in [6.07, 6.45) is 5.60. The lowest BCUT2D eigenvalue weighted by atomic mass is 9.96. The molecule has 0 bridgehead atoms. The van der Waals surface area contributed by atoms with Crippen molar-refractivity contribution in [3.05, 3.63) is 135 Å². The number of hydrogen-bond donors (Lipinski definition) is 2. The minimum absolute atomic E-state index is 0.146. The van der Waals surface area contributed by atoms with Gasteiger partial charge < -0.3 is 19.3 Å². The number of β-amino-alcohol motifs (C(OH)–C–C–N with tert-alkyl or cyclic N) is 1. The number of aromatic nitrogens is 3. The molecule has 1 saturated heterocycles. The Morgan fingerprint density at radius 1 is 0.889 bits per heavy atom. The van der Waals surface area contributed by atoms with Crippen molar-refractivity contribution in [2.75, 3.05) is 32.9 Å². The van der Waals surface area contributed by atoms with Gasteiger partial charge in [0.05, 0.1) is 48.2 Å². The summed E-state index contributed by atoms with van der Waals surface area (Å²) in [5, 5.41) is 29.7. The average Bonchev–Trinajstić information content (AvgIpc) is 3.89. The van der Waals surface area contributed by atoms with Crippen LogP contribution in [-0.4, -0.2) is 75.8 Å². The number of nitrogens with zero attached hydrogens (tertiary/aromatic N) is 5. The predicted octanol–water partition coefficient (Wildman–Crippen LogP) is 9.47. The van der Waals surface area contributed by atoms with Crippen molar-refractivity contribution in [2.45, 2.75) is 72.5 Å². The van der Waals surface area contributed by atoms with Gasteiger partial charge in [0, 0.05) is 77.8 Å². The van der Waals surface area contributed by atoms with Gasteiger partial charge in [-0.25, -0.2) is 0 Å². The Morgan fingerprint density at radius 2 is 1.65 bits per heavy atom. The Labute approximate surface area is 379 Å². The van der Waals surface area contributed by atoms with Crippen molar-refractivity contribution in [1.82, 2.24) is 25.0 Å². The Kier molecular flexibility index (Phi) is 15.5. The number of nitriles is 1. The lowest BCUT2D eigenvalue weighted by Gasteiger charge is -2.21. The largest absolute Gasteiger partial charge is 0.489 e. The van der Waals surface area contributed by atoms with Gasteiger partial charge in [-0.15, -0.1) is 0 Å². The average molecular weight is 890 g/mol. The van der Waals surface area contributed by atoms with Crippen LogP contribution in [-0.2, 0) is 40.5 Å². The molecule has 0 radical (unpaired) electrons. The fourth-order valence-electron chi connectivity index (χ4n) is 7.63. The van der Waals surface area contributed by atoms with Crippen LogP contribution in [0.15, 0.2) is 97.5 Å². The number of nitrogens with one attached hydrogen (secondary N) is 1. The van der Waals surface area contributed by atoms with E-state index in [1.165, 1.54) is 11.8 Å². The minimum Gasteiger partial charge on any atom is -0.489 e. The molecule has 2 aromatic heterocycles. The monoisotopic (exact) mass is 888 g/mol. The zero-order valence-electron chi connectivity index (χ0n) is 36.2. The number of hydrogen-bond acceptors (Lipinski definition) is 10. The van der Waals surface area contributed by atoms with E-state index >= 15 is 0 Å². The van der Waals surface area contributed by atoms with Crippen LogP contribution in [0.1, 0.15) is 61.9 Å². The van der Waals surface area contributed by atoms with Crippen LogP contribution in [0.4, 0.5) is 0 Å². The summed E-state index contributed by atoms with van der Waals surface area (Å²) >= 11 is 14.3. The Hall–Kier alpha value is -5.32. The molecule has 1 aliphatic heterocycles. The molecule has 328 valence electrons. The summed E-state index contributed by atoms with van der Waals surface area (Å²) in [4.78, 5) is 19.7. The first kappa shape index (κ1) is 45.7. The van der Waals surface area contributed by atoms with E-state index in [-0.39, 0.29) is 37.7 Å². The molecule has 3 heterocycles. The maximum Gasteiger partial charge on any atom is 0.325 e. The summed E-state index contributed by atoms with van der Waals surface area (Å²) in [6, 6.07) is 27.6. The zero-order chi connectivity index (χ0) is 44.5. The molecule has 1 fully saturated rings. The van der Waals surface area contributed by atoms with Gasteiger partial charge in [-0.05, 0) is 64.8 Å². The van der Waals surface area contributed by atoms with Crippen molar-refractivity contribution in [3.8, 4) is 34.1 Å². The van der Waals surface area contributed by atoms with Gasteiger partial charge in [0.1, 0.15) is 24.5 Å². The molecule has 4 aromatic carbocycles. The lowest BCUT2D eigenvalue weighted by molar-refractivity contribution is -0.149. The molecule has 11 nitrogen and oxygen atoms in total. The van der Waals surface area contributed by atoms with E-state index in [1.807, 2.05) is 67.2 Å². The molecular formula is C50H54Cl2N6O5. The molecule has 0 unspecified atom stereocenters. The van der Waals surface area contributed by atoms with E-state index in [1.54, 1.807) is 12.3 Å². The quantitative estimate of drug-likeness (QED) is 0.0758. The predicted molar refractivity (Wildman–Crippen MR) is 247 cm³/mol. The van der Waals surface area contributed by atoms with Gasteiger partial charge in [0.15, 0.2) is 0 Å². The molecule has 2 N–H and O–H groups in total. The minimum atomic E-state index is -0.717. The van der Waals surface area contributed by atoms with Crippen molar-refractivity contribution in [3.63, 3.8) is 0 Å². The van der Waals surface area contributed by atoms with Gasteiger partial charge in [-0.2, -0.15) is 10.4 Å². The second kappa shape index (κ2) is 21.4. The smallest absolute Gasteiger partial charge is 0.325 e. The van der Waals surface area contributed by atoms with Gasteiger partial charge in [-0.3, -0.25) is 24.7 Å². The number of aliphatic hydroxyl groups excluding tert-OH is 1. The second-order valence-electron chi connectivity index (χ2n) is 17.0. The van der Waals surface area contributed by atoms with Crippen LogP contribution < -0.4 is 10.1 Å². The maximum absolute atomic E-state index is 13.2. The fourth-order valence-corrected chi connectivity index (χ4v) is 8.21. The maximum atomic E-state index is 13.2. The number of pyridine rings is 1. The standard InChI is InChI=1S/C50H54Cl2N6O5/c1-32(2)28-61-31-46(50(60)63-29-33(3)4)55-23-38-18-45(51)39(19-48(38)62-30-36-17-35(20-53)21-54-22-36)26-58-47-10-6-8-42(44(47)24-56-58)43-9-5-7-41(49(43)52)37-13-11-34(12-14-37)25-57-16-15-40(59)27-57/h5-14,17-19,21-22,24,32-33,40,46,55,59H,15-16,23,25-31H2,1-4H3/t40-,46+/m1/s1. The normalized spacial score (nSPS) is 14.7. The molecular weight excluding hydrogens is 835 g/mol. The number of esters is 1. The van der Waals surface area contributed by atoms with Crippen LogP contribution in [0.2, 0.25) is 10.0 Å². The van der Waals surface area contributed by atoms with E-state index in [4.69, 9.17) is 42.5 Å². The highest BCUT2D eigenvalue weighted by atomic mass is 35.5. The number of fused-ring (bicyclic) bond motifs is 1. The number of carbonyl (C=O) groups is 1. The molecule has 13 heteroatoms. The number of rotatable bonds is 19. The van der Waals surface area contributed by atoms with E-state index < -0.39 is 6.04 Å². The molecule has 63 heavy (non-hydrogen) atoms. The zero-order valence-corrected chi connectivity index (χ0v) is 37.7. The van der Waals surface area contributed by atoms with Crippen molar-refractivity contribution in [2.24, 2.45) is 11.8 Å². The molecule has 7 rings (SSSR count). The highest BCUT2D eigenvalue weighted by Crippen LogP contribution is 2.40. The van der Waals surface area contributed by atoms with Gasteiger partial charge >= 0.3 is 5.97 Å². The Bertz CT molecular complexity index is 2550. The number of halogens is 2. The van der Waals surface area contributed by atoms with Gasteiger partial charge in [0.2, 0.25) is 0 Å². The third-order valence-electron chi connectivity index (χ3n) is 10.9. The Morgan fingerprint density at radius 3 is 2.40 bits per heavy atom. The van der Waals surface area contributed by atoms with E-state index in [0.717, 1.165) is 69.4 Å². The molecule has 6 aromatic rings. The molecule has 2 atom stereocenters. The summed E-state index contributed by atoms with van der Waals surface area (Å²) < 4.78 is 19.8. The van der Waals surface area contributed by atoms with E-state index in [0.29, 0.717) is 53.6 Å². The third kappa shape index (κ3) is 11.8. The topological polar surface area (TPSA) is 135 Å². The van der Waals surface area contributed by atoms with E-state index in [2.05, 4.69) is 65.4 Å². The van der Waals surface area contributed by atoms with Crippen LogP contribution in [0, 0.1) is 23.2 Å². The number of aliphatic hydroxyl groups is 1. The fraction of sp³-hybridized carbons (Fsp3) is 0.360. The summed E-state index contributed by atoms with van der Waals surface area (Å²) in [7, 11) is 0. The summed E-state index contributed by atoms with van der Waals surface area (Å²) in [5.74, 6) is 0.646. The first-order chi connectivity index (χ1) is 30.4. The summed E-state index contributed by atoms with van der Waals surface area (Å²) in [6.45, 7) is 12.2. The number of likely N-dealkylation sites (tertiary alicyclic amines) is 1. The number of carbonyl (C=O) groups excluding carboxylic acids is 1. The second-order valence-corrected chi connectivity index (χ2v) is 17.8. The highest BCUT2D eigenvalue weighted by molar-refractivity contribution is 6.36. The van der Waals surface area contributed by atoms with Crippen molar-refractivity contribution >= 4 is 40.1 Å². The molecule has 0 saturated carbocycles. The van der Waals surface area contributed by atoms with Crippen LogP contribution >= 0.6 is 23.2 Å². The number of benzene rings is 4. The Balaban J connectivity index is 1.14.